The molecule has 0 saturated carbocycles. The Hall–Kier alpha value is -6.15. The normalized spacial score (nSPS) is 14.9. The van der Waals surface area contributed by atoms with Gasteiger partial charge in [0.25, 0.3) is 5.91 Å². The topological polar surface area (TPSA) is 221 Å². The minimum Gasteiger partial charge on any atom is -0.494 e. The number of nitrogens with zero attached hydrogens (tertiary/aromatic N) is 2. The Balaban J connectivity index is 1.38. The summed E-state index contributed by atoms with van der Waals surface area (Å²) in [6, 6.07) is 16.2. The molecule has 288 valence electrons. The number of benzene rings is 3. The molecule has 3 aromatic carbocycles. The van der Waals surface area contributed by atoms with E-state index in [-0.39, 0.29) is 43.8 Å². The van der Waals surface area contributed by atoms with Crippen LogP contribution in [0.2, 0.25) is 0 Å². The first-order valence-corrected chi connectivity index (χ1v) is 18.3. The molecule has 2 atom stereocenters. The number of fused-ring (bicyclic) bond motifs is 5. The first-order chi connectivity index (χ1) is 26.3. The molecule has 0 saturated heterocycles. The molecule has 1 aliphatic heterocycles. The fraction of sp³-hybridized carbons (Fsp3) is 0.341. The van der Waals surface area contributed by atoms with E-state index in [1.165, 1.54) is 6.20 Å². The number of nitrogens with two attached hydrogens (primary N) is 2. The first kappa shape index (κ1) is 40.0. The maximum atomic E-state index is 14.0. The van der Waals surface area contributed by atoms with Crippen molar-refractivity contribution in [3.63, 3.8) is 0 Å². The lowest BCUT2D eigenvalue weighted by Gasteiger charge is -2.23. The van der Waals surface area contributed by atoms with Gasteiger partial charge in [0.2, 0.25) is 23.6 Å². The van der Waals surface area contributed by atoms with Crippen LogP contribution in [0.25, 0.3) is 22.5 Å². The van der Waals surface area contributed by atoms with E-state index in [9.17, 15) is 24.0 Å². The van der Waals surface area contributed by atoms with Crippen molar-refractivity contribution in [2.45, 2.75) is 65.5 Å². The molecule has 5 amide bonds. The molecule has 2 heterocycles. The molecule has 4 bridgehead atoms. The van der Waals surface area contributed by atoms with Crippen LogP contribution in [0.4, 0.5) is 5.69 Å². The molecule has 14 heteroatoms. The Morgan fingerprint density at radius 3 is 2.42 bits per heavy atom. The molecule has 0 fully saturated rings. The second-order valence-electron chi connectivity index (χ2n) is 14.1. The molecule has 0 radical (unpaired) electrons. The Morgan fingerprint density at radius 1 is 0.964 bits per heavy atom. The maximum Gasteiger partial charge on any atom is 0.255 e. The molecule has 4 aromatic rings. The van der Waals surface area contributed by atoms with Crippen LogP contribution in [0.5, 0.6) is 5.75 Å². The van der Waals surface area contributed by atoms with Gasteiger partial charge in [-0.3, -0.25) is 24.0 Å². The highest BCUT2D eigenvalue weighted by Crippen LogP contribution is 2.34. The van der Waals surface area contributed by atoms with Gasteiger partial charge in [0.05, 0.1) is 36.5 Å². The predicted octanol–water partition coefficient (Wildman–Crippen LogP) is 3.12. The van der Waals surface area contributed by atoms with Gasteiger partial charge >= 0.3 is 0 Å². The fourth-order valence-electron chi connectivity index (χ4n) is 6.18. The number of rotatable bonds is 12. The average Bonchev–Trinajstić information content (AvgIpc) is 3.14. The Morgan fingerprint density at radius 2 is 1.73 bits per heavy atom. The molecule has 1 aliphatic rings. The summed E-state index contributed by atoms with van der Waals surface area (Å²) in [5.74, 6) is -0.981. The quantitative estimate of drug-likeness (QED) is 0.125. The van der Waals surface area contributed by atoms with Crippen molar-refractivity contribution in [3.8, 4) is 28.3 Å². The first-order valence-electron chi connectivity index (χ1n) is 18.3. The third kappa shape index (κ3) is 10.7. The lowest BCUT2D eigenvalue weighted by molar-refractivity contribution is -0.128. The third-order valence-electron chi connectivity index (χ3n) is 9.19. The van der Waals surface area contributed by atoms with Gasteiger partial charge in [-0.1, -0.05) is 44.2 Å². The maximum absolute atomic E-state index is 14.0. The van der Waals surface area contributed by atoms with E-state index in [1.807, 2.05) is 42.5 Å². The largest absolute Gasteiger partial charge is 0.494 e. The lowest BCUT2D eigenvalue weighted by Crippen LogP contribution is -2.49. The number of anilines is 1. The molecule has 0 aliphatic carbocycles. The molecule has 8 N–H and O–H groups in total. The SMILES string of the molecule is Cc1cc2cc(c1NC(=O)[C@H](CCN)NC(=O)c1cnc(-c3ccc(OCCC(C)C)cc3)nc1C)-c1cccc(c1)CC(=O)NCC(=O)NC(C(N)=O)C2. The van der Waals surface area contributed by atoms with Crippen LogP contribution in [0.15, 0.2) is 66.9 Å². The van der Waals surface area contributed by atoms with E-state index in [1.54, 1.807) is 32.0 Å². The number of hydrogen-bond donors (Lipinski definition) is 6. The van der Waals surface area contributed by atoms with Gasteiger partial charge in [0.1, 0.15) is 17.8 Å². The molecule has 55 heavy (non-hydrogen) atoms. The molecular weight excluding hydrogens is 701 g/mol. The van der Waals surface area contributed by atoms with Crippen LogP contribution < -0.4 is 37.5 Å². The number of carbonyl (C=O) groups is 5. The van der Waals surface area contributed by atoms with Crippen LogP contribution in [0, 0.1) is 19.8 Å². The van der Waals surface area contributed by atoms with Gasteiger partial charge in [-0.2, -0.15) is 0 Å². The molecular formula is C41H48N8O6. The summed E-state index contributed by atoms with van der Waals surface area (Å²) in [5, 5.41) is 11.0. The van der Waals surface area contributed by atoms with Crippen molar-refractivity contribution in [3.05, 3.63) is 94.8 Å². The zero-order chi connectivity index (χ0) is 39.6. The average molecular weight is 749 g/mol. The fourth-order valence-corrected chi connectivity index (χ4v) is 6.18. The molecule has 14 nitrogen and oxygen atoms in total. The molecule has 1 aromatic heterocycles. The molecule has 1 unspecified atom stereocenters. The summed E-state index contributed by atoms with van der Waals surface area (Å²) in [4.78, 5) is 74.1. The zero-order valence-electron chi connectivity index (χ0n) is 31.5. The Bertz CT molecular complexity index is 2070. The minimum atomic E-state index is -1.04. The van der Waals surface area contributed by atoms with E-state index < -0.39 is 35.7 Å². The highest BCUT2D eigenvalue weighted by Gasteiger charge is 2.26. The summed E-state index contributed by atoms with van der Waals surface area (Å²) in [6.45, 7) is 8.22. The standard InChI is InChI=1S/C41H48N8O6/c1-23(2)13-15-55-30-10-8-28(9-11-30)39-45-21-32(25(4)46-39)40(53)48-33(12-14-42)41(54)49-37-24(3)16-27-18-31(37)29-7-5-6-26(17-29)20-35(50)44-22-36(51)47-34(19-27)38(43)52/h5-11,16-18,21,23,33-34H,12-15,19-20,22,42H2,1-4H3,(H2,43,52)(H,44,50)(H,47,51)(H,48,53)(H,49,54)/t33-,34?/m0/s1. The monoisotopic (exact) mass is 748 g/mol. The van der Waals surface area contributed by atoms with Crippen molar-refractivity contribution in [1.29, 1.82) is 0 Å². The minimum absolute atomic E-state index is 0.00471. The smallest absolute Gasteiger partial charge is 0.255 e. The Kier molecular flexibility index (Phi) is 13.3. The summed E-state index contributed by atoms with van der Waals surface area (Å²) in [5.41, 5.74) is 16.7. The number of nitrogens with one attached hydrogen (secondary N) is 4. The van der Waals surface area contributed by atoms with Gasteiger partial charge in [0, 0.05) is 23.7 Å². The lowest BCUT2D eigenvalue weighted by atomic mass is 9.93. The Labute approximate surface area is 320 Å². The van der Waals surface area contributed by atoms with E-state index >= 15 is 0 Å². The highest BCUT2D eigenvalue weighted by atomic mass is 16.5. The highest BCUT2D eigenvalue weighted by molar-refractivity contribution is 6.04. The van der Waals surface area contributed by atoms with Gasteiger partial charge in [0.15, 0.2) is 5.82 Å². The van der Waals surface area contributed by atoms with Crippen molar-refractivity contribution < 1.29 is 28.7 Å². The second-order valence-corrected chi connectivity index (χ2v) is 14.1. The van der Waals surface area contributed by atoms with E-state index in [4.69, 9.17) is 16.2 Å². The zero-order valence-corrected chi connectivity index (χ0v) is 31.5. The van der Waals surface area contributed by atoms with Crippen LogP contribution in [0.3, 0.4) is 0 Å². The van der Waals surface area contributed by atoms with E-state index in [2.05, 4.69) is 45.1 Å². The van der Waals surface area contributed by atoms with Crippen LogP contribution in [-0.4, -0.2) is 71.3 Å². The van der Waals surface area contributed by atoms with Gasteiger partial charge in [-0.15, -0.1) is 0 Å². The van der Waals surface area contributed by atoms with Gasteiger partial charge in [-0.25, -0.2) is 9.97 Å². The van der Waals surface area contributed by atoms with Crippen LogP contribution in [-0.2, 0) is 32.0 Å². The third-order valence-corrected chi connectivity index (χ3v) is 9.19. The van der Waals surface area contributed by atoms with Crippen molar-refractivity contribution in [1.82, 2.24) is 25.9 Å². The van der Waals surface area contributed by atoms with E-state index in [0.717, 1.165) is 17.7 Å². The summed E-state index contributed by atoms with van der Waals surface area (Å²) in [6.07, 6.45) is 2.59. The van der Waals surface area contributed by atoms with Crippen molar-refractivity contribution in [2.75, 3.05) is 25.0 Å². The molecule has 0 spiro atoms. The summed E-state index contributed by atoms with van der Waals surface area (Å²) in [7, 11) is 0. The van der Waals surface area contributed by atoms with Crippen molar-refractivity contribution in [2.24, 2.45) is 17.4 Å². The van der Waals surface area contributed by atoms with Gasteiger partial charge in [-0.05, 0) is 91.7 Å². The van der Waals surface area contributed by atoms with Gasteiger partial charge < -0.3 is 37.5 Å². The van der Waals surface area contributed by atoms with Crippen LogP contribution in [0.1, 0.15) is 59.4 Å². The number of carbonyl (C=O) groups excluding carboxylic acids is 5. The van der Waals surface area contributed by atoms with E-state index in [0.29, 0.717) is 57.5 Å². The number of hydrogen-bond acceptors (Lipinski definition) is 9. The second kappa shape index (κ2) is 18.3. The number of aryl methyl sites for hydroxylation is 2. The predicted molar refractivity (Wildman–Crippen MR) is 209 cm³/mol. The van der Waals surface area contributed by atoms with Crippen LogP contribution >= 0.6 is 0 Å². The number of ether oxygens (including phenoxy) is 1. The number of amides is 5. The van der Waals surface area contributed by atoms with Crippen molar-refractivity contribution >= 4 is 35.2 Å². The summed E-state index contributed by atoms with van der Waals surface area (Å²) >= 11 is 0. The number of primary amides is 1. The molecule has 5 rings (SSSR count). The summed E-state index contributed by atoms with van der Waals surface area (Å²) < 4.78 is 5.81. The number of aromatic nitrogens is 2.